The minimum absolute atomic E-state index is 0.122. The zero-order valence-corrected chi connectivity index (χ0v) is 22.6. The van der Waals surface area contributed by atoms with E-state index in [2.05, 4.69) is 20.7 Å². The lowest BCUT2D eigenvalue weighted by atomic mass is 9.92. The number of nitrogens with one attached hydrogen (secondary N) is 3. The molecule has 39 heavy (non-hydrogen) atoms. The maximum absolute atomic E-state index is 14.2. The number of likely N-dealkylation sites (N-methyl/N-ethyl adjacent to an activating group) is 1. The predicted molar refractivity (Wildman–Crippen MR) is 144 cm³/mol. The zero-order valence-electron chi connectivity index (χ0n) is 22.6. The minimum Gasteiger partial charge on any atom is -0.493 e. The van der Waals surface area contributed by atoms with Crippen molar-refractivity contribution in [2.45, 2.75) is 37.8 Å². The van der Waals surface area contributed by atoms with Gasteiger partial charge in [-0.1, -0.05) is 12.1 Å². The summed E-state index contributed by atoms with van der Waals surface area (Å²) in [7, 11) is 3.19. The number of methoxy groups -OCH3 is 1. The molecule has 2 aliphatic rings. The Morgan fingerprint density at radius 2 is 2.05 bits per heavy atom. The Balaban J connectivity index is 1.52. The van der Waals surface area contributed by atoms with Crippen LogP contribution in [-0.2, 0) is 20.6 Å². The molecule has 1 fully saturated rings. The van der Waals surface area contributed by atoms with Gasteiger partial charge in [-0.25, -0.2) is 9.18 Å². The number of halogens is 1. The number of alkyl carbamates (subject to hydrolysis) is 1. The molecule has 3 atom stereocenters. The monoisotopic (exact) mass is 543 g/mol. The molecule has 2 aromatic carbocycles. The van der Waals surface area contributed by atoms with Gasteiger partial charge in [0.25, 0.3) is 5.91 Å². The van der Waals surface area contributed by atoms with Crippen LogP contribution in [0.5, 0.6) is 5.75 Å². The molecule has 1 saturated heterocycles. The fourth-order valence-electron chi connectivity index (χ4n) is 5.15. The maximum atomic E-state index is 14.2. The molecule has 4 rings (SSSR count). The van der Waals surface area contributed by atoms with Crippen LogP contribution in [-0.4, -0.2) is 71.7 Å². The van der Waals surface area contributed by atoms with Crippen LogP contribution in [0.2, 0.25) is 0 Å². The van der Waals surface area contributed by atoms with E-state index >= 15 is 0 Å². The first-order valence-electron chi connectivity index (χ1n) is 13.5. The molecule has 0 bridgehead atoms. The summed E-state index contributed by atoms with van der Waals surface area (Å²) < 4.78 is 36.5. The molecule has 2 heterocycles. The molecule has 2 aromatic rings. The largest absolute Gasteiger partial charge is 0.493 e. The van der Waals surface area contributed by atoms with Gasteiger partial charge in [-0.2, -0.15) is 0 Å². The van der Waals surface area contributed by atoms with Crippen molar-refractivity contribution >= 4 is 12.0 Å². The number of rotatable bonds is 12. The van der Waals surface area contributed by atoms with Gasteiger partial charge in [-0.15, -0.1) is 0 Å². The summed E-state index contributed by atoms with van der Waals surface area (Å²) in [5, 5.41) is 8.95. The summed E-state index contributed by atoms with van der Waals surface area (Å²) in [4.78, 5) is 24.8. The van der Waals surface area contributed by atoms with Crippen molar-refractivity contribution in [3.8, 4) is 5.75 Å². The zero-order chi connectivity index (χ0) is 27.6. The lowest BCUT2D eigenvalue weighted by molar-refractivity contribution is 0.0478. The van der Waals surface area contributed by atoms with Crippen LogP contribution >= 0.6 is 0 Å². The van der Waals surface area contributed by atoms with E-state index < -0.39 is 18.0 Å². The van der Waals surface area contributed by atoms with Crippen molar-refractivity contribution in [3.63, 3.8) is 0 Å². The quantitative estimate of drug-likeness (QED) is 0.353. The van der Waals surface area contributed by atoms with Crippen LogP contribution in [0.1, 0.15) is 52.4 Å². The van der Waals surface area contributed by atoms with Gasteiger partial charge < -0.3 is 34.9 Å². The van der Waals surface area contributed by atoms with Gasteiger partial charge >= 0.3 is 6.09 Å². The fourth-order valence-corrected chi connectivity index (χ4v) is 5.15. The number of carbonyl (C=O) groups excluding carboxylic acids is 2. The van der Waals surface area contributed by atoms with Gasteiger partial charge in [-0.3, -0.25) is 4.79 Å². The molecule has 0 aliphatic carbocycles. The van der Waals surface area contributed by atoms with Crippen LogP contribution in [0.4, 0.5) is 9.18 Å². The topological polar surface area (TPSA) is 107 Å². The van der Waals surface area contributed by atoms with E-state index in [0.29, 0.717) is 42.4 Å². The lowest BCUT2D eigenvalue weighted by Crippen LogP contribution is -2.41. The average molecular weight is 544 g/mol. The smallest absolute Gasteiger partial charge is 0.406 e. The molecule has 10 heteroatoms. The molecule has 0 radical (unpaired) electrons. The standard InChI is InChI=1S/C29H38FN3O6/c1-31-23(13-19-5-4-10-37-18-19)17-33-28(34)21-15-25(24-8-11-38-26(24)16-21)27(20-6-3-7-22(30)14-20)39-12-9-32-29(35)36-2/h3,6-7,14-16,19,23,27,31H,4-5,8-13,17-18H2,1-2H3,(H,32,35)(H,33,34). The van der Waals surface area contributed by atoms with Gasteiger partial charge in [0.05, 0.1) is 20.3 Å². The van der Waals surface area contributed by atoms with Crippen molar-refractivity contribution in [2.75, 3.05) is 53.7 Å². The molecular weight excluding hydrogens is 505 g/mol. The molecule has 0 spiro atoms. The lowest BCUT2D eigenvalue weighted by Gasteiger charge is -2.26. The highest BCUT2D eigenvalue weighted by Crippen LogP contribution is 2.38. The van der Waals surface area contributed by atoms with Crippen molar-refractivity contribution < 1.29 is 32.9 Å². The van der Waals surface area contributed by atoms with Crippen molar-refractivity contribution in [1.82, 2.24) is 16.0 Å². The highest BCUT2D eigenvalue weighted by atomic mass is 19.1. The molecule has 212 valence electrons. The molecule has 3 unspecified atom stereocenters. The Kier molecular flexibility index (Phi) is 10.5. The summed E-state index contributed by atoms with van der Waals surface area (Å²) in [5.74, 6) is 0.489. The van der Waals surface area contributed by atoms with Crippen LogP contribution in [0.25, 0.3) is 0 Å². The molecule has 0 aromatic heterocycles. The Labute approximate surface area is 228 Å². The summed E-state index contributed by atoms with van der Waals surface area (Å²) in [6.07, 6.45) is 2.54. The van der Waals surface area contributed by atoms with E-state index in [1.165, 1.54) is 19.2 Å². The number of hydrogen-bond acceptors (Lipinski definition) is 7. The third kappa shape index (κ3) is 7.90. The van der Waals surface area contributed by atoms with Crippen molar-refractivity contribution in [3.05, 3.63) is 64.5 Å². The maximum Gasteiger partial charge on any atom is 0.406 e. The van der Waals surface area contributed by atoms with E-state index in [1.54, 1.807) is 24.3 Å². The second kappa shape index (κ2) is 14.3. The van der Waals surface area contributed by atoms with E-state index in [-0.39, 0.29) is 25.1 Å². The van der Waals surface area contributed by atoms with E-state index in [9.17, 15) is 14.0 Å². The Morgan fingerprint density at radius 1 is 1.18 bits per heavy atom. The minimum atomic E-state index is -0.667. The van der Waals surface area contributed by atoms with E-state index in [4.69, 9.17) is 14.2 Å². The Hall–Kier alpha value is -3.21. The van der Waals surface area contributed by atoms with Gasteiger partial charge in [0.15, 0.2) is 0 Å². The number of hydrogen-bond donors (Lipinski definition) is 3. The highest BCUT2D eigenvalue weighted by molar-refractivity contribution is 5.95. The summed E-state index contributed by atoms with van der Waals surface area (Å²) in [6.45, 7) is 2.89. The Bertz CT molecular complexity index is 1120. The first kappa shape index (κ1) is 28.8. The third-order valence-electron chi connectivity index (χ3n) is 7.18. The van der Waals surface area contributed by atoms with Crippen molar-refractivity contribution in [1.29, 1.82) is 0 Å². The normalized spacial score (nSPS) is 18.0. The molecule has 9 nitrogen and oxygen atoms in total. The first-order valence-corrected chi connectivity index (χ1v) is 13.5. The molecular formula is C29H38FN3O6. The number of benzene rings is 2. The van der Waals surface area contributed by atoms with Gasteiger partial charge in [0, 0.05) is 49.9 Å². The van der Waals surface area contributed by atoms with Crippen LogP contribution in [0.3, 0.4) is 0 Å². The molecule has 0 saturated carbocycles. The van der Waals surface area contributed by atoms with Gasteiger partial charge in [-0.05, 0) is 67.6 Å². The summed E-state index contributed by atoms with van der Waals surface area (Å²) in [5.41, 5.74) is 2.71. The third-order valence-corrected chi connectivity index (χ3v) is 7.18. The number of amides is 2. The van der Waals surface area contributed by atoms with Gasteiger partial charge in [0.1, 0.15) is 17.7 Å². The number of carbonyl (C=O) groups is 2. The number of fused-ring (bicyclic) bond motifs is 1. The second-order valence-electron chi connectivity index (χ2n) is 9.88. The molecule has 2 aliphatic heterocycles. The SMILES string of the molecule is CNC(CNC(=O)c1cc2c(c(C(OCCNC(=O)OC)c3cccc(F)c3)c1)CCO2)CC1CCCOC1. The van der Waals surface area contributed by atoms with Crippen LogP contribution in [0.15, 0.2) is 36.4 Å². The molecule has 2 amide bonds. The second-order valence-corrected chi connectivity index (χ2v) is 9.88. The number of ether oxygens (including phenoxy) is 4. The van der Waals surface area contributed by atoms with E-state index in [0.717, 1.165) is 43.6 Å². The van der Waals surface area contributed by atoms with Crippen LogP contribution in [0, 0.1) is 11.7 Å². The van der Waals surface area contributed by atoms with Crippen molar-refractivity contribution in [2.24, 2.45) is 5.92 Å². The van der Waals surface area contributed by atoms with Crippen LogP contribution < -0.4 is 20.7 Å². The fraction of sp³-hybridized carbons (Fsp3) is 0.517. The summed E-state index contributed by atoms with van der Waals surface area (Å²) in [6, 6.07) is 9.87. The summed E-state index contributed by atoms with van der Waals surface area (Å²) >= 11 is 0. The molecule has 3 N–H and O–H groups in total. The first-order chi connectivity index (χ1) is 19.0. The average Bonchev–Trinajstić information content (AvgIpc) is 3.44. The predicted octanol–water partition coefficient (Wildman–Crippen LogP) is 3.36. The Morgan fingerprint density at radius 3 is 2.79 bits per heavy atom. The van der Waals surface area contributed by atoms with Gasteiger partial charge in [0.2, 0.25) is 0 Å². The van der Waals surface area contributed by atoms with E-state index in [1.807, 2.05) is 7.05 Å². The highest BCUT2D eigenvalue weighted by Gasteiger charge is 2.27.